The molecule has 1 saturated heterocycles. The van der Waals surface area contributed by atoms with E-state index in [2.05, 4.69) is 20.9 Å². The lowest BCUT2D eigenvalue weighted by atomic mass is 9.98. The summed E-state index contributed by atoms with van der Waals surface area (Å²) in [6, 6.07) is 0. The van der Waals surface area contributed by atoms with Crippen molar-refractivity contribution in [2.24, 2.45) is 0 Å². The number of hydrogen-bond donors (Lipinski definition) is 3. The van der Waals surface area contributed by atoms with Crippen LogP contribution in [0.5, 0.6) is 0 Å². The summed E-state index contributed by atoms with van der Waals surface area (Å²) >= 11 is 0. The summed E-state index contributed by atoms with van der Waals surface area (Å²) in [4.78, 5) is 11.8. The first-order chi connectivity index (χ1) is 9.92. The Morgan fingerprint density at radius 3 is 3.00 bits per heavy atom. The maximum Gasteiger partial charge on any atom is 0.238 e. The maximum atomic E-state index is 14.2. The minimum Gasteiger partial charge on any atom is -0.390 e. The lowest BCUT2D eigenvalue weighted by Gasteiger charge is -2.23. The zero-order valence-corrected chi connectivity index (χ0v) is 10.8. The van der Waals surface area contributed by atoms with Crippen LogP contribution in [0, 0.1) is 12.3 Å². The molecule has 110 valence electrons. The van der Waals surface area contributed by atoms with E-state index in [9.17, 15) is 9.50 Å². The van der Waals surface area contributed by atoms with E-state index in [0.29, 0.717) is 0 Å². The molecule has 9 heteroatoms. The highest BCUT2D eigenvalue weighted by Gasteiger charge is 2.56. The summed E-state index contributed by atoms with van der Waals surface area (Å²) in [6.07, 6.45) is 5.90. The first-order valence-corrected chi connectivity index (χ1v) is 6.03. The zero-order valence-electron chi connectivity index (χ0n) is 10.8. The number of nitrogen functional groups attached to an aromatic ring is 1. The minimum atomic E-state index is -2.44. The van der Waals surface area contributed by atoms with Crippen molar-refractivity contribution in [3.63, 3.8) is 0 Å². The molecule has 0 amide bonds. The fraction of sp³-hybridized carbons (Fsp3) is 0.417. The van der Waals surface area contributed by atoms with Gasteiger partial charge in [-0.25, -0.2) is 19.3 Å². The molecule has 2 aromatic heterocycles. The summed E-state index contributed by atoms with van der Waals surface area (Å²) in [5, 5.41) is 19.5. The van der Waals surface area contributed by atoms with E-state index in [1.54, 1.807) is 0 Å². The monoisotopic (exact) mass is 293 g/mol. The van der Waals surface area contributed by atoms with Crippen molar-refractivity contribution in [1.29, 1.82) is 0 Å². The van der Waals surface area contributed by atoms with Gasteiger partial charge in [-0.05, 0) is 0 Å². The Bertz CT molecular complexity index is 744. The van der Waals surface area contributed by atoms with Crippen molar-refractivity contribution in [2.75, 3.05) is 12.3 Å². The van der Waals surface area contributed by atoms with E-state index < -0.39 is 30.7 Å². The van der Waals surface area contributed by atoms with Gasteiger partial charge in [0.25, 0.3) is 0 Å². The van der Waals surface area contributed by atoms with Crippen molar-refractivity contribution in [3.05, 3.63) is 12.7 Å². The number of fused-ring (bicyclic) bond motifs is 1. The molecular weight excluding hydrogens is 281 g/mol. The number of hydrogen-bond acceptors (Lipinski definition) is 7. The van der Waals surface area contributed by atoms with Gasteiger partial charge in [0.15, 0.2) is 23.3 Å². The van der Waals surface area contributed by atoms with Crippen molar-refractivity contribution in [3.8, 4) is 12.3 Å². The number of nitrogens with two attached hydrogens (primary N) is 1. The molecule has 0 aromatic carbocycles. The molecule has 0 bridgehead atoms. The van der Waals surface area contributed by atoms with Gasteiger partial charge in [-0.2, -0.15) is 0 Å². The van der Waals surface area contributed by atoms with Crippen molar-refractivity contribution < 1.29 is 19.3 Å². The Morgan fingerprint density at radius 1 is 1.57 bits per heavy atom. The van der Waals surface area contributed by atoms with Gasteiger partial charge in [0.1, 0.15) is 18.5 Å². The van der Waals surface area contributed by atoms with Crippen LogP contribution in [0.15, 0.2) is 12.7 Å². The van der Waals surface area contributed by atoms with Gasteiger partial charge in [-0.3, -0.25) is 4.57 Å². The molecule has 21 heavy (non-hydrogen) atoms. The number of imidazole rings is 1. The van der Waals surface area contributed by atoms with Gasteiger partial charge in [0.05, 0.1) is 12.7 Å². The topological polar surface area (TPSA) is 119 Å². The van der Waals surface area contributed by atoms with Crippen molar-refractivity contribution >= 4 is 17.0 Å². The number of alkyl halides is 1. The molecule has 0 spiro atoms. The number of nitrogens with zero attached hydrogens (tertiary/aromatic N) is 4. The number of terminal acetylenes is 1. The molecule has 0 radical (unpaired) electrons. The molecule has 0 saturated carbocycles. The Morgan fingerprint density at radius 2 is 2.33 bits per heavy atom. The molecule has 4 N–H and O–H groups in total. The van der Waals surface area contributed by atoms with Crippen LogP contribution in [-0.4, -0.2) is 47.8 Å². The number of anilines is 1. The summed E-state index contributed by atoms with van der Waals surface area (Å²) < 4.78 is 20.6. The third kappa shape index (κ3) is 1.92. The second-order valence-corrected chi connectivity index (χ2v) is 4.84. The predicted molar refractivity (Wildman–Crippen MR) is 69.2 cm³/mol. The molecule has 0 aliphatic carbocycles. The quantitative estimate of drug-likeness (QED) is 0.629. The summed E-state index contributed by atoms with van der Waals surface area (Å²) in [5.74, 6) is -0.206. The highest BCUT2D eigenvalue weighted by atomic mass is 19.2. The average molecular weight is 293 g/mol. The highest BCUT2D eigenvalue weighted by molar-refractivity contribution is 5.81. The van der Waals surface area contributed by atoms with Crippen LogP contribution in [0.3, 0.4) is 0 Å². The molecule has 3 heterocycles. The van der Waals surface area contributed by atoms with Gasteiger partial charge in [0.2, 0.25) is 5.85 Å². The van der Waals surface area contributed by atoms with Crippen LogP contribution in [-0.2, 0) is 4.74 Å². The number of ether oxygens (including phenoxy) is 1. The predicted octanol–water partition coefficient (Wildman–Crippen LogP) is -0.650. The van der Waals surface area contributed by atoms with Gasteiger partial charge < -0.3 is 20.7 Å². The third-order valence-corrected chi connectivity index (χ3v) is 3.39. The SMILES string of the molecule is C#C[C@@]1(O)C[C@@](F)(CO)O[C@H]1n1cnc2c(N)ncnc21. The van der Waals surface area contributed by atoms with Crippen LogP contribution >= 0.6 is 0 Å². The van der Waals surface area contributed by atoms with E-state index in [-0.39, 0.29) is 17.0 Å². The minimum absolute atomic E-state index is 0.134. The standard InChI is InChI=1S/C12H12FN5O3/c1-2-11(20)3-12(13,4-19)21-10(11)18-6-17-7-8(14)15-5-16-9(7)18/h1,5-6,10,19-20H,3-4H2,(H2,14,15,16)/t10-,11-,12+/m1/s1. The first kappa shape index (κ1) is 13.7. The molecule has 3 atom stereocenters. The van der Waals surface area contributed by atoms with Crippen molar-refractivity contribution in [2.45, 2.75) is 24.1 Å². The second kappa shape index (κ2) is 4.36. The lowest BCUT2D eigenvalue weighted by molar-refractivity contribution is -0.181. The second-order valence-electron chi connectivity index (χ2n) is 4.84. The zero-order chi connectivity index (χ0) is 15.3. The average Bonchev–Trinajstić information content (AvgIpc) is 3.00. The molecule has 0 unspecified atom stereocenters. The Balaban J connectivity index is 2.14. The normalized spacial score (nSPS) is 32.4. The Labute approximate surface area is 118 Å². The Kier molecular flexibility index (Phi) is 2.84. The number of halogens is 1. The van der Waals surface area contributed by atoms with Crippen molar-refractivity contribution in [1.82, 2.24) is 19.5 Å². The molecule has 2 aromatic rings. The van der Waals surface area contributed by atoms with Gasteiger partial charge >= 0.3 is 0 Å². The van der Waals surface area contributed by atoms with Crippen LogP contribution in [0.25, 0.3) is 11.2 Å². The van der Waals surface area contributed by atoms with E-state index >= 15 is 0 Å². The highest BCUT2D eigenvalue weighted by Crippen LogP contribution is 2.45. The molecule has 1 fully saturated rings. The number of aliphatic hydroxyl groups is 2. The molecular formula is C12H12FN5O3. The van der Waals surface area contributed by atoms with E-state index in [4.69, 9.17) is 22.0 Å². The number of aromatic nitrogens is 4. The summed E-state index contributed by atoms with van der Waals surface area (Å²) in [6.45, 7) is -0.933. The Hall–Kier alpha value is -2.28. The fourth-order valence-corrected chi connectivity index (χ4v) is 2.37. The molecule has 8 nitrogen and oxygen atoms in total. The fourth-order valence-electron chi connectivity index (χ4n) is 2.37. The van der Waals surface area contributed by atoms with E-state index in [0.717, 1.165) is 0 Å². The summed E-state index contributed by atoms with van der Waals surface area (Å²) in [5.41, 5.74) is 4.23. The van der Waals surface area contributed by atoms with Gasteiger partial charge in [-0.15, -0.1) is 6.42 Å². The number of rotatable bonds is 2. The first-order valence-electron chi connectivity index (χ1n) is 6.03. The molecule has 1 aliphatic rings. The van der Waals surface area contributed by atoms with Crippen LogP contribution in [0.4, 0.5) is 10.2 Å². The third-order valence-electron chi connectivity index (χ3n) is 3.39. The molecule has 3 rings (SSSR count). The lowest BCUT2D eigenvalue weighted by Crippen LogP contribution is -2.34. The van der Waals surface area contributed by atoms with Gasteiger partial charge in [0, 0.05) is 0 Å². The largest absolute Gasteiger partial charge is 0.390 e. The van der Waals surface area contributed by atoms with Crippen LogP contribution in [0.2, 0.25) is 0 Å². The van der Waals surface area contributed by atoms with E-state index in [1.165, 1.54) is 17.2 Å². The smallest absolute Gasteiger partial charge is 0.238 e. The number of aliphatic hydroxyl groups excluding tert-OH is 1. The van der Waals surface area contributed by atoms with E-state index in [1.807, 2.05) is 0 Å². The molecule has 1 aliphatic heterocycles. The maximum absolute atomic E-state index is 14.2. The van der Waals surface area contributed by atoms with Gasteiger partial charge in [-0.1, -0.05) is 5.92 Å². The van der Waals surface area contributed by atoms with Crippen LogP contribution in [0.1, 0.15) is 12.6 Å². The summed E-state index contributed by atoms with van der Waals surface area (Å²) in [7, 11) is 0. The van der Waals surface area contributed by atoms with Crippen LogP contribution < -0.4 is 5.73 Å².